The van der Waals surface area contributed by atoms with E-state index in [9.17, 15) is 4.79 Å². The highest BCUT2D eigenvalue weighted by Crippen LogP contribution is 2.27. The van der Waals surface area contributed by atoms with Crippen LogP contribution in [0.3, 0.4) is 0 Å². The minimum absolute atomic E-state index is 0.0418. The van der Waals surface area contributed by atoms with Crippen LogP contribution in [0.4, 0.5) is 5.82 Å². The lowest BCUT2D eigenvalue weighted by Gasteiger charge is -2.36. The summed E-state index contributed by atoms with van der Waals surface area (Å²) in [4.78, 5) is 26.4. The predicted octanol–water partition coefficient (Wildman–Crippen LogP) is 4.96. The Balaban J connectivity index is 1.53. The molecule has 0 unspecified atom stereocenters. The summed E-state index contributed by atoms with van der Waals surface area (Å²) in [6.07, 6.45) is 0.709. The van der Waals surface area contributed by atoms with Crippen LogP contribution in [-0.4, -0.2) is 54.1 Å². The molecule has 2 heterocycles. The molecule has 4 rings (SSSR count). The number of anilines is 1. The van der Waals surface area contributed by atoms with Crippen LogP contribution in [0.15, 0.2) is 42.5 Å². The van der Waals surface area contributed by atoms with E-state index in [1.54, 1.807) is 25.3 Å². The molecule has 1 amide bonds. The van der Waals surface area contributed by atoms with Gasteiger partial charge in [-0.15, -0.1) is 0 Å². The van der Waals surface area contributed by atoms with E-state index in [4.69, 9.17) is 32.9 Å². The lowest BCUT2D eigenvalue weighted by atomic mass is 10.0. The number of rotatable bonds is 5. The van der Waals surface area contributed by atoms with Crippen molar-refractivity contribution >= 4 is 34.9 Å². The smallest absolute Gasteiger partial charge is 0.254 e. The third kappa shape index (κ3) is 5.23. The molecule has 172 valence electrons. The number of benzene rings is 2. The summed E-state index contributed by atoms with van der Waals surface area (Å²) < 4.78 is 5.38. The maximum atomic E-state index is 13.0. The molecule has 2 aromatic carbocycles. The Labute approximate surface area is 204 Å². The van der Waals surface area contributed by atoms with Gasteiger partial charge in [0.2, 0.25) is 0 Å². The summed E-state index contributed by atoms with van der Waals surface area (Å²) >= 11 is 12.1. The van der Waals surface area contributed by atoms with Gasteiger partial charge in [-0.1, -0.05) is 35.3 Å². The largest absolute Gasteiger partial charge is 0.497 e. The van der Waals surface area contributed by atoms with Crippen LogP contribution in [0, 0.1) is 13.8 Å². The average molecular weight is 485 g/mol. The minimum Gasteiger partial charge on any atom is -0.497 e. The number of amides is 1. The fourth-order valence-corrected chi connectivity index (χ4v) is 4.40. The molecule has 6 nitrogen and oxygen atoms in total. The Kier molecular flexibility index (Phi) is 7.05. The van der Waals surface area contributed by atoms with Crippen LogP contribution >= 0.6 is 23.2 Å². The Hall–Kier alpha value is -2.83. The minimum atomic E-state index is -0.0418. The summed E-state index contributed by atoms with van der Waals surface area (Å²) in [6.45, 7) is 6.51. The highest BCUT2D eigenvalue weighted by molar-refractivity contribution is 6.42. The van der Waals surface area contributed by atoms with Gasteiger partial charge >= 0.3 is 0 Å². The molecule has 1 aliphatic heterocycles. The van der Waals surface area contributed by atoms with Crippen LogP contribution in [0.1, 0.15) is 33.0 Å². The van der Waals surface area contributed by atoms with E-state index in [0.29, 0.717) is 48.2 Å². The van der Waals surface area contributed by atoms with Crippen LogP contribution < -0.4 is 9.64 Å². The van der Waals surface area contributed by atoms with Crippen molar-refractivity contribution in [1.29, 1.82) is 0 Å². The quantitative estimate of drug-likeness (QED) is 0.511. The second-order valence-corrected chi connectivity index (χ2v) is 8.91. The second kappa shape index (κ2) is 9.98. The fraction of sp³-hybridized carbons (Fsp3) is 0.320. The van der Waals surface area contributed by atoms with E-state index in [0.717, 1.165) is 34.2 Å². The van der Waals surface area contributed by atoms with E-state index in [1.165, 1.54) is 0 Å². The van der Waals surface area contributed by atoms with Crippen molar-refractivity contribution in [2.45, 2.75) is 20.3 Å². The van der Waals surface area contributed by atoms with Gasteiger partial charge in [0, 0.05) is 49.4 Å². The lowest BCUT2D eigenvalue weighted by molar-refractivity contribution is 0.0746. The van der Waals surface area contributed by atoms with Gasteiger partial charge in [0.1, 0.15) is 17.4 Å². The first kappa shape index (κ1) is 23.3. The number of carbonyl (C=O) groups is 1. The van der Waals surface area contributed by atoms with Gasteiger partial charge in [0.05, 0.1) is 17.2 Å². The van der Waals surface area contributed by atoms with Gasteiger partial charge in [0.25, 0.3) is 5.91 Å². The highest BCUT2D eigenvalue weighted by Gasteiger charge is 2.25. The number of carbonyl (C=O) groups excluding carboxylic acids is 1. The molecule has 1 fully saturated rings. The molecule has 0 N–H and O–H groups in total. The molecule has 0 saturated carbocycles. The molecule has 1 aromatic heterocycles. The number of piperazine rings is 1. The van der Waals surface area contributed by atoms with Crippen molar-refractivity contribution in [3.05, 3.63) is 80.7 Å². The first-order valence-corrected chi connectivity index (χ1v) is 11.6. The molecule has 0 bridgehead atoms. The zero-order valence-corrected chi connectivity index (χ0v) is 20.5. The Morgan fingerprint density at radius 3 is 2.45 bits per heavy atom. The molecular formula is C25H26Cl2N4O2. The summed E-state index contributed by atoms with van der Waals surface area (Å²) in [7, 11) is 1.67. The van der Waals surface area contributed by atoms with Crippen molar-refractivity contribution in [3.8, 4) is 5.75 Å². The normalized spacial score (nSPS) is 13.8. The Morgan fingerprint density at radius 1 is 1.00 bits per heavy atom. The molecule has 1 saturated heterocycles. The number of methoxy groups -OCH3 is 1. The molecule has 3 aromatic rings. The van der Waals surface area contributed by atoms with Crippen molar-refractivity contribution < 1.29 is 9.53 Å². The zero-order chi connectivity index (χ0) is 23.5. The number of nitrogens with zero attached hydrogens (tertiary/aromatic N) is 4. The standard InChI is InChI=1S/C25H26Cl2N4O2/c1-16-21(14-18-5-4-6-20(13-18)33-3)24(29-17(2)28-16)30-9-11-31(12-10-30)25(32)19-7-8-22(26)23(27)15-19/h4-8,13,15H,9-12,14H2,1-3H3. The van der Waals surface area contributed by atoms with Gasteiger partial charge in [-0.25, -0.2) is 9.97 Å². The maximum Gasteiger partial charge on any atom is 0.254 e. The van der Waals surface area contributed by atoms with E-state index >= 15 is 0 Å². The van der Waals surface area contributed by atoms with Crippen LogP contribution in [0.5, 0.6) is 5.75 Å². The van der Waals surface area contributed by atoms with E-state index in [1.807, 2.05) is 36.9 Å². The monoisotopic (exact) mass is 484 g/mol. The molecule has 0 atom stereocenters. The third-order valence-corrected chi connectivity index (χ3v) is 6.59. The summed E-state index contributed by atoms with van der Waals surface area (Å²) in [5, 5.41) is 0.825. The number of hydrogen-bond donors (Lipinski definition) is 0. The third-order valence-electron chi connectivity index (χ3n) is 5.85. The Bertz CT molecular complexity index is 1180. The first-order chi connectivity index (χ1) is 15.9. The number of aryl methyl sites for hydroxylation is 2. The molecule has 0 radical (unpaired) electrons. The lowest BCUT2D eigenvalue weighted by Crippen LogP contribution is -2.49. The molecule has 8 heteroatoms. The van der Waals surface area contributed by atoms with E-state index < -0.39 is 0 Å². The molecule has 0 spiro atoms. The molecule has 33 heavy (non-hydrogen) atoms. The second-order valence-electron chi connectivity index (χ2n) is 8.09. The van der Waals surface area contributed by atoms with Crippen molar-refractivity contribution in [3.63, 3.8) is 0 Å². The van der Waals surface area contributed by atoms with Crippen molar-refractivity contribution in [2.24, 2.45) is 0 Å². The zero-order valence-electron chi connectivity index (χ0n) is 18.9. The Morgan fingerprint density at radius 2 is 1.76 bits per heavy atom. The van der Waals surface area contributed by atoms with Gasteiger partial charge in [-0.2, -0.15) is 0 Å². The topological polar surface area (TPSA) is 58.6 Å². The number of hydrogen-bond acceptors (Lipinski definition) is 5. The molecular weight excluding hydrogens is 459 g/mol. The number of ether oxygens (including phenoxy) is 1. The van der Waals surface area contributed by atoms with Gasteiger partial charge in [0.15, 0.2) is 0 Å². The van der Waals surface area contributed by atoms with Crippen LogP contribution in [0.2, 0.25) is 10.0 Å². The predicted molar refractivity (Wildman–Crippen MR) is 132 cm³/mol. The van der Waals surface area contributed by atoms with Gasteiger partial charge < -0.3 is 14.5 Å². The number of halogens is 2. The summed E-state index contributed by atoms with van der Waals surface area (Å²) in [5.74, 6) is 2.46. The molecule has 0 aliphatic carbocycles. The average Bonchev–Trinajstić information content (AvgIpc) is 2.82. The fourth-order valence-electron chi connectivity index (χ4n) is 4.11. The molecule has 1 aliphatic rings. The van der Waals surface area contributed by atoms with E-state index in [2.05, 4.69) is 16.0 Å². The summed E-state index contributed by atoms with van der Waals surface area (Å²) in [6, 6.07) is 13.0. The van der Waals surface area contributed by atoms with Gasteiger partial charge in [-0.3, -0.25) is 4.79 Å². The van der Waals surface area contributed by atoms with Crippen LogP contribution in [0.25, 0.3) is 0 Å². The van der Waals surface area contributed by atoms with Crippen molar-refractivity contribution in [2.75, 3.05) is 38.2 Å². The van der Waals surface area contributed by atoms with Crippen molar-refractivity contribution in [1.82, 2.24) is 14.9 Å². The number of aromatic nitrogens is 2. The SMILES string of the molecule is COc1cccc(Cc2c(C)nc(C)nc2N2CCN(C(=O)c3ccc(Cl)c(Cl)c3)CC2)c1. The maximum absolute atomic E-state index is 13.0. The highest BCUT2D eigenvalue weighted by atomic mass is 35.5. The van der Waals surface area contributed by atoms with E-state index in [-0.39, 0.29) is 5.91 Å². The summed E-state index contributed by atoms with van der Waals surface area (Å²) in [5.41, 5.74) is 3.75. The van der Waals surface area contributed by atoms with Crippen LogP contribution in [-0.2, 0) is 6.42 Å². The van der Waals surface area contributed by atoms with Gasteiger partial charge in [-0.05, 0) is 49.7 Å². The first-order valence-electron chi connectivity index (χ1n) is 10.8.